The fraction of sp³-hybridized carbons (Fsp3) is 0.0323. The van der Waals surface area contributed by atoms with E-state index in [1.807, 2.05) is 78.9 Å². The zero-order valence-electron chi connectivity index (χ0n) is 20.0. The van der Waals surface area contributed by atoms with Crippen LogP contribution in [-0.2, 0) is 20.1 Å². The van der Waals surface area contributed by atoms with Crippen LogP contribution >= 0.6 is 0 Å². The molecular weight excluding hydrogens is 637 g/mol. The predicted molar refractivity (Wildman–Crippen MR) is 144 cm³/mol. The summed E-state index contributed by atoms with van der Waals surface area (Å²) in [5.41, 5.74) is 6.60. The molecule has 1 radical (unpaired) electrons. The molecule has 5 aromatic rings. The summed E-state index contributed by atoms with van der Waals surface area (Å²) >= 11 is 0. The largest absolute Gasteiger partial charge is 0.507 e. The molecule has 37 heavy (non-hydrogen) atoms. The van der Waals surface area contributed by atoms with E-state index in [-0.39, 0.29) is 25.9 Å². The van der Waals surface area contributed by atoms with E-state index >= 15 is 0 Å². The van der Waals surface area contributed by atoms with Crippen LogP contribution in [0.5, 0.6) is 5.75 Å². The maximum absolute atomic E-state index is 9.15. The van der Waals surface area contributed by atoms with Crippen LogP contribution in [0.1, 0.15) is 11.1 Å². The Labute approximate surface area is 230 Å². The molecule has 0 spiro atoms. The smallest absolute Gasteiger partial charge is 0.124 e. The fourth-order valence-electron chi connectivity index (χ4n) is 3.51. The summed E-state index contributed by atoms with van der Waals surface area (Å²) in [6.07, 6.45) is 3.39. The van der Waals surface area contributed by atoms with Gasteiger partial charge in [-0.1, -0.05) is 54.6 Å². The number of phenolic OH excluding ortho intramolecular Hbond substituents is 1. The van der Waals surface area contributed by atoms with Crippen LogP contribution in [-0.4, -0.2) is 28.3 Å². The van der Waals surface area contributed by atoms with Crippen molar-refractivity contribution >= 4 is 6.21 Å². The first-order valence-corrected chi connectivity index (χ1v) is 11.3. The van der Waals surface area contributed by atoms with E-state index in [9.17, 15) is 0 Å². The number of rotatable bonds is 4. The Morgan fingerprint density at radius 1 is 0.838 bits per heavy atom. The molecule has 183 valence electrons. The van der Waals surface area contributed by atoms with Crippen molar-refractivity contribution in [2.24, 2.45) is 4.99 Å². The molecule has 0 amide bonds. The van der Waals surface area contributed by atoms with E-state index in [1.165, 1.54) is 0 Å². The molecule has 1 heterocycles. The molecule has 0 unspecified atom stereocenters. The Hall–Kier alpha value is -4.43. The number of hydrogen-bond donors (Lipinski definition) is 1. The molecule has 0 fully saturated rings. The maximum atomic E-state index is 9.15. The molecule has 4 aromatic carbocycles. The molecule has 5 rings (SSSR count). The van der Waals surface area contributed by atoms with Gasteiger partial charge in [0.05, 0.1) is 23.0 Å². The number of nitrogens with zero attached hydrogens (tertiary/aromatic N) is 4. The maximum Gasteiger partial charge on any atom is 0.124 e. The van der Waals surface area contributed by atoms with Crippen LogP contribution in [0.3, 0.4) is 0 Å². The number of hydrogen-bond acceptors (Lipinski definition) is 5. The van der Waals surface area contributed by atoms with Crippen LogP contribution in [0.4, 0.5) is 0 Å². The van der Waals surface area contributed by atoms with Crippen LogP contribution in [0.2, 0.25) is 0 Å². The van der Waals surface area contributed by atoms with Gasteiger partial charge in [0.25, 0.3) is 0 Å². The van der Waals surface area contributed by atoms with Gasteiger partial charge in [-0.05, 0) is 29.8 Å². The number of aromatic hydroxyl groups is 1. The fourth-order valence-corrected chi connectivity index (χ4v) is 3.51. The Morgan fingerprint density at radius 3 is 2.19 bits per heavy atom. The van der Waals surface area contributed by atoms with Crippen molar-refractivity contribution in [3.63, 3.8) is 0 Å². The quantitative estimate of drug-likeness (QED) is 0.175. The van der Waals surface area contributed by atoms with Crippen molar-refractivity contribution in [3.8, 4) is 45.6 Å². The summed E-state index contributed by atoms with van der Waals surface area (Å²) < 4.78 is 0. The van der Waals surface area contributed by atoms with Crippen molar-refractivity contribution in [1.29, 1.82) is 5.26 Å². The predicted octanol–water partition coefficient (Wildman–Crippen LogP) is 6.59. The molecule has 1 aromatic heterocycles. The van der Waals surface area contributed by atoms with E-state index in [0.717, 1.165) is 39.3 Å². The zero-order chi connectivity index (χ0) is 25.2. The molecular formula is C31H23IrN4O-. The van der Waals surface area contributed by atoms with Gasteiger partial charge in [-0.2, -0.15) is 5.26 Å². The van der Waals surface area contributed by atoms with E-state index < -0.39 is 0 Å². The van der Waals surface area contributed by atoms with Crippen LogP contribution in [0.15, 0.2) is 114 Å². The average molecular weight is 660 g/mol. The number of aromatic nitrogens is 2. The average Bonchev–Trinajstić information content (AvgIpc) is 2.95. The first-order valence-electron chi connectivity index (χ1n) is 11.3. The molecule has 0 aliphatic carbocycles. The van der Waals surface area contributed by atoms with Gasteiger partial charge in [-0.3, -0.25) is 9.98 Å². The number of benzene rings is 4. The third-order valence-corrected chi connectivity index (χ3v) is 5.30. The van der Waals surface area contributed by atoms with Gasteiger partial charge >= 0.3 is 0 Å². The van der Waals surface area contributed by atoms with Crippen molar-refractivity contribution in [3.05, 3.63) is 127 Å². The summed E-state index contributed by atoms with van der Waals surface area (Å²) in [4.78, 5) is 13.3. The third kappa shape index (κ3) is 7.05. The number of nitriles is 1. The summed E-state index contributed by atoms with van der Waals surface area (Å²) in [6, 6.07) is 37.6. The van der Waals surface area contributed by atoms with Crippen molar-refractivity contribution in [2.75, 3.05) is 7.05 Å². The summed E-state index contributed by atoms with van der Waals surface area (Å²) in [5, 5.41) is 18.1. The number of aliphatic imine (C=N–C) groups is 1. The molecule has 5 nitrogen and oxygen atoms in total. The number of para-hydroxylation sites is 1. The summed E-state index contributed by atoms with van der Waals surface area (Å²) in [7, 11) is 1.67. The molecule has 0 atom stereocenters. The van der Waals surface area contributed by atoms with Crippen LogP contribution in [0, 0.1) is 17.4 Å². The SMILES string of the molecule is CN=Cc1ccccc1O.N#Cc1ccc(-c2cnc(-c3[c-]cccc3)c(-c3ccccc3)n2)cc1.[Ir]. The topological polar surface area (TPSA) is 82.2 Å². The van der Waals surface area contributed by atoms with Gasteiger partial charge in [0.15, 0.2) is 0 Å². The summed E-state index contributed by atoms with van der Waals surface area (Å²) in [6.45, 7) is 0. The van der Waals surface area contributed by atoms with E-state index in [2.05, 4.69) is 22.1 Å². The van der Waals surface area contributed by atoms with Crippen molar-refractivity contribution < 1.29 is 25.2 Å². The van der Waals surface area contributed by atoms with E-state index in [0.29, 0.717) is 5.56 Å². The molecule has 0 bridgehead atoms. The molecule has 1 N–H and O–H groups in total. The second-order valence-electron chi connectivity index (χ2n) is 7.73. The van der Waals surface area contributed by atoms with E-state index in [1.54, 1.807) is 43.7 Å². The van der Waals surface area contributed by atoms with Crippen LogP contribution in [0.25, 0.3) is 33.8 Å². The molecule has 0 saturated carbocycles. The first-order chi connectivity index (χ1) is 17.7. The van der Waals surface area contributed by atoms with Gasteiger partial charge in [-0.25, -0.2) is 0 Å². The van der Waals surface area contributed by atoms with Gasteiger partial charge < -0.3 is 10.1 Å². The molecule has 0 saturated heterocycles. The Kier molecular flexibility index (Phi) is 9.99. The second kappa shape index (κ2) is 13.6. The van der Waals surface area contributed by atoms with Gasteiger partial charge in [0, 0.05) is 56.4 Å². The van der Waals surface area contributed by atoms with Crippen molar-refractivity contribution in [2.45, 2.75) is 0 Å². The minimum Gasteiger partial charge on any atom is -0.507 e. The first kappa shape index (κ1) is 27.2. The zero-order valence-corrected chi connectivity index (χ0v) is 22.4. The minimum absolute atomic E-state index is 0. The molecule has 0 aliphatic rings. The van der Waals surface area contributed by atoms with Gasteiger partial charge in [0.2, 0.25) is 0 Å². The molecule has 6 heteroatoms. The van der Waals surface area contributed by atoms with E-state index in [4.69, 9.17) is 15.4 Å². The molecule has 0 aliphatic heterocycles. The van der Waals surface area contributed by atoms with Gasteiger partial charge in [-0.15, -0.1) is 35.9 Å². The normalized spacial score (nSPS) is 10.1. The van der Waals surface area contributed by atoms with Crippen molar-refractivity contribution in [1.82, 2.24) is 9.97 Å². The Morgan fingerprint density at radius 2 is 1.54 bits per heavy atom. The summed E-state index contributed by atoms with van der Waals surface area (Å²) in [5.74, 6) is 0.271. The van der Waals surface area contributed by atoms with Gasteiger partial charge in [0.1, 0.15) is 5.75 Å². The standard InChI is InChI=1S/C23H14N3.C8H9NO.Ir/c24-15-17-11-13-18(14-12-17)21-16-25-22(19-7-3-1-4-8-19)23(26-21)20-9-5-2-6-10-20;1-9-6-7-4-2-3-5-8(7)10;/h1-7,9-14,16H;2-6,10H,1H3;/q-1;;. The monoisotopic (exact) mass is 660 g/mol. The van der Waals surface area contributed by atoms with Crippen LogP contribution < -0.4 is 0 Å². The second-order valence-corrected chi connectivity index (χ2v) is 7.73. The third-order valence-electron chi connectivity index (χ3n) is 5.30. The Balaban J connectivity index is 0.000000293. The number of phenols is 1. The Bertz CT molecular complexity index is 1500. The minimum atomic E-state index is 0.